The molecule has 0 saturated heterocycles. The highest BCUT2D eigenvalue weighted by Crippen LogP contribution is 2.30. The summed E-state index contributed by atoms with van der Waals surface area (Å²) in [6, 6.07) is 25.2. The standard InChI is InChI=1S/C26H23N3O/c30-18(16-28-23-10-4-1-7-19(23)20-8-2-5-11-24(20)28)17-29-25-12-6-3-9-21(25)22-15-27-14-13-26(22)29/h1-12,27H,13-17H2. The lowest BCUT2D eigenvalue weighted by molar-refractivity contribution is -0.120. The summed E-state index contributed by atoms with van der Waals surface area (Å²) in [5.74, 6) is 0.226. The molecule has 5 aromatic rings. The number of hydrogen-bond donors (Lipinski definition) is 1. The molecule has 0 fully saturated rings. The summed E-state index contributed by atoms with van der Waals surface area (Å²) in [5, 5.41) is 7.15. The molecule has 0 spiro atoms. The van der Waals surface area contributed by atoms with E-state index in [4.69, 9.17) is 0 Å². The van der Waals surface area contributed by atoms with E-state index >= 15 is 0 Å². The number of para-hydroxylation sites is 3. The van der Waals surface area contributed by atoms with Crippen LogP contribution in [0.4, 0.5) is 0 Å². The Balaban J connectivity index is 1.41. The number of carbonyl (C=O) groups excluding carboxylic acids is 1. The Labute approximate surface area is 174 Å². The van der Waals surface area contributed by atoms with Crippen molar-refractivity contribution in [1.82, 2.24) is 14.5 Å². The number of fused-ring (bicyclic) bond motifs is 6. The van der Waals surface area contributed by atoms with Gasteiger partial charge in [-0.3, -0.25) is 4.79 Å². The first kappa shape index (κ1) is 17.5. The van der Waals surface area contributed by atoms with Gasteiger partial charge in [0.1, 0.15) is 0 Å². The SMILES string of the molecule is O=C(Cn1c2c(c3ccccc31)CNCC2)Cn1c2ccccc2c2ccccc21. The van der Waals surface area contributed by atoms with E-state index in [1.165, 1.54) is 32.9 Å². The van der Waals surface area contributed by atoms with Gasteiger partial charge in [0.05, 0.1) is 13.1 Å². The van der Waals surface area contributed by atoms with E-state index in [-0.39, 0.29) is 5.78 Å². The van der Waals surface area contributed by atoms with E-state index in [9.17, 15) is 4.79 Å². The maximum absolute atomic E-state index is 13.3. The van der Waals surface area contributed by atoms with Crippen LogP contribution in [0, 0.1) is 0 Å². The average Bonchev–Trinajstić information content (AvgIpc) is 3.28. The molecule has 148 valence electrons. The van der Waals surface area contributed by atoms with Crippen molar-refractivity contribution in [2.24, 2.45) is 0 Å². The minimum Gasteiger partial charge on any atom is -0.337 e. The number of nitrogens with zero attached hydrogens (tertiary/aromatic N) is 2. The van der Waals surface area contributed by atoms with Gasteiger partial charge in [-0.1, -0.05) is 54.6 Å². The fraction of sp³-hybridized carbons (Fsp3) is 0.192. The molecule has 1 aliphatic rings. The fourth-order valence-corrected chi connectivity index (χ4v) is 5.09. The number of ketones is 1. The smallest absolute Gasteiger partial charge is 0.172 e. The highest BCUT2D eigenvalue weighted by Gasteiger charge is 2.21. The third-order valence-electron chi connectivity index (χ3n) is 6.38. The van der Waals surface area contributed by atoms with Crippen molar-refractivity contribution in [3.8, 4) is 0 Å². The largest absolute Gasteiger partial charge is 0.337 e. The quantitative estimate of drug-likeness (QED) is 0.482. The third kappa shape index (κ3) is 2.61. The van der Waals surface area contributed by atoms with Gasteiger partial charge < -0.3 is 14.5 Å². The summed E-state index contributed by atoms with van der Waals surface area (Å²) in [4.78, 5) is 13.3. The van der Waals surface area contributed by atoms with Crippen LogP contribution in [-0.2, 0) is 30.8 Å². The summed E-state index contributed by atoms with van der Waals surface area (Å²) >= 11 is 0. The summed E-state index contributed by atoms with van der Waals surface area (Å²) in [7, 11) is 0. The number of rotatable bonds is 4. The molecule has 1 N–H and O–H groups in total. The molecule has 0 atom stereocenters. The zero-order chi connectivity index (χ0) is 20.1. The molecular formula is C26H23N3O. The van der Waals surface area contributed by atoms with Crippen LogP contribution in [0.15, 0.2) is 72.8 Å². The molecule has 0 amide bonds. The van der Waals surface area contributed by atoms with E-state index in [1.807, 2.05) is 12.1 Å². The van der Waals surface area contributed by atoms with Gasteiger partial charge in [0.15, 0.2) is 5.78 Å². The van der Waals surface area contributed by atoms with Gasteiger partial charge in [-0.05, 0) is 23.8 Å². The highest BCUT2D eigenvalue weighted by molar-refractivity contribution is 6.08. The lowest BCUT2D eigenvalue weighted by Gasteiger charge is -2.17. The van der Waals surface area contributed by atoms with Crippen molar-refractivity contribution in [3.63, 3.8) is 0 Å². The van der Waals surface area contributed by atoms with Crippen molar-refractivity contribution < 1.29 is 4.79 Å². The van der Waals surface area contributed by atoms with Crippen molar-refractivity contribution in [1.29, 1.82) is 0 Å². The van der Waals surface area contributed by atoms with Crippen LogP contribution < -0.4 is 5.32 Å². The molecule has 1 aliphatic heterocycles. The van der Waals surface area contributed by atoms with Crippen LogP contribution >= 0.6 is 0 Å². The van der Waals surface area contributed by atoms with E-state index in [2.05, 4.69) is 75.1 Å². The van der Waals surface area contributed by atoms with Crippen LogP contribution in [0.1, 0.15) is 11.3 Å². The predicted molar refractivity (Wildman–Crippen MR) is 122 cm³/mol. The number of Topliss-reactive ketones (excluding diaryl/α,β-unsaturated/α-hetero) is 1. The Kier molecular flexibility index (Phi) is 3.99. The lowest BCUT2D eigenvalue weighted by atomic mass is 10.1. The first-order chi connectivity index (χ1) is 14.8. The molecule has 0 unspecified atom stereocenters. The van der Waals surface area contributed by atoms with E-state index in [0.717, 1.165) is 30.5 Å². The number of nitrogens with one attached hydrogen (secondary N) is 1. The zero-order valence-corrected chi connectivity index (χ0v) is 16.8. The first-order valence-corrected chi connectivity index (χ1v) is 10.6. The molecule has 0 saturated carbocycles. The van der Waals surface area contributed by atoms with Gasteiger partial charge in [-0.2, -0.15) is 0 Å². The Morgan fingerprint density at radius 3 is 1.93 bits per heavy atom. The molecule has 0 radical (unpaired) electrons. The summed E-state index contributed by atoms with van der Waals surface area (Å²) in [5.41, 5.74) is 6.07. The molecule has 0 bridgehead atoms. The summed E-state index contributed by atoms with van der Waals surface area (Å²) < 4.78 is 4.43. The predicted octanol–water partition coefficient (Wildman–Crippen LogP) is 4.66. The summed E-state index contributed by atoms with van der Waals surface area (Å²) in [6.45, 7) is 2.64. The highest BCUT2D eigenvalue weighted by atomic mass is 16.1. The van der Waals surface area contributed by atoms with Crippen molar-refractivity contribution in [2.75, 3.05) is 6.54 Å². The zero-order valence-electron chi connectivity index (χ0n) is 16.8. The minimum atomic E-state index is 0.226. The molecular weight excluding hydrogens is 370 g/mol. The second-order valence-electron chi connectivity index (χ2n) is 8.11. The maximum atomic E-state index is 13.3. The van der Waals surface area contributed by atoms with Gasteiger partial charge in [-0.15, -0.1) is 0 Å². The summed E-state index contributed by atoms with van der Waals surface area (Å²) in [6.07, 6.45) is 0.965. The Morgan fingerprint density at radius 2 is 1.27 bits per heavy atom. The van der Waals surface area contributed by atoms with Crippen LogP contribution in [-0.4, -0.2) is 21.5 Å². The van der Waals surface area contributed by atoms with Crippen LogP contribution in [0.3, 0.4) is 0 Å². The number of carbonyl (C=O) groups is 1. The first-order valence-electron chi connectivity index (χ1n) is 10.6. The molecule has 6 rings (SSSR count). The second kappa shape index (κ2) is 6.85. The topological polar surface area (TPSA) is 39.0 Å². The van der Waals surface area contributed by atoms with E-state index in [1.54, 1.807) is 0 Å². The second-order valence-corrected chi connectivity index (χ2v) is 8.11. The van der Waals surface area contributed by atoms with E-state index < -0.39 is 0 Å². The van der Waals surface area contributed by atoms with E-state index in [0.29, 0.717) is 13.1 Å². The van der Waals surface area contributed by atoms with Crippen LogP contribution in [0.2, 0.25) is 0 Å². The maximum Gasteiger partial charge on any atom is 0.172 e. The number of hydrogen-bond acceptors (Lipinski definition) is 2. The lowest BCUT2D eigenvalue weighted by Crippen LogP contribution is -2.26. The van der Waals surface area contributed by atoms with Crippen molar-refractivity contribution >= 4 is 38.5 Å². The van der Waals surface area contributed by atoms with Gasteiger partial charge >= 0.3 is 0 Å². The number of aromatic nitrogens is 2. The van der Waals surface area contributed by atoms with Gasteiger partial charge in [0.2, 0.25) is 0 Å². The number of benzene rings is 3. The Bertz CT molecular complexity index is 1370. The third-order valence-corrected chi connectivity index (χ3v) is 6.38. The molecule has 3 aromatic carbocycles. The average molecular weight is 393 g/mol. The minimum absolute atomic E-state index is 0.226. The molecule has 3 heterocycles. The van der Waals surface area contributed by atoms with Crippen LogP contribution in [0.5, 0.6) is 0 Å². The Hall–Kier alpha value is -3.37. The van der Waals surface area contributed by atoms with Crippen molar-refractivity contribution in [2.45, 2.75) is 26.1 Å². The molecule has 2 aromatic heterocycles. The van der Waals surface area contributed by atoms with Gasteiger partial charge in [0.25, 0.3) is 0 Å². The van der Waals surface area contributed by atoms with Gasteiger partial charge in [-0.25, -0.2) is 0 Å². The van der Waals surface area contributed by atoms with Crippen molar-refractivity contribution in [3.05, 3.63) is 84.1 Å². The van der Waals surface area contributed by atoms with Crippen LogP contribution in [0.25, 0.3) is 32.7 Å². The van der Waals surface area contributed by atoms with Gasteiger partial charge in [0, 0.05) is 57.9 Å². The monoisotopic (exact) mass is 393 g/mol. The molecule has 4 heteroatoms. The normalized spacial score (nSPS) is 13.9. The molecule has 0 aliphatic carbocycles. The molecule has 4 nitrogen and oxygen atoms in total. The fourth-order valence-electron chi connectivity index (χ4n) is 5.09. The molecule has 30 heavy (non-hydrogen) atoms. The Morgan fingerprint density at radius 1 is 0.733 bits per heavy atom.